The zero-order chi connectivity index (χ0) is 15.5. The first-order valence-electron chi connectivity index (χ1n) is 7.31. The van der Waals surface area contributed by atoms with E-state index in [0.29, 0.717) is 0 Å². The van der Waals surface area contributed by atoms with E-state index in [1.807, 2.05) is 0 Å². The molecule has 1 nitrogen and oxygen atoms in total. The lowest BCUT2D eigenvalue weighted by atomic mass is 10.2. The topological polar surface area (TPSA) is 9.23 Å². The van der Waals surface area contributed by atoms with E-state index in [2.05, 4.69) is 111 Å². The van der Waals surface area contributed by atoms with Crippen LogP contribution in [0.15, 0.2) is 60.7 Å². The van der Waals surface area contributed by atoms with Crippen molar-refractivity contribution in [2.24, 2.45) is 0 Å². The number of alkyl halides is 1. The van der Waals surface area contributed by atoms with Crippen LogP contribution < -0.4 is 10.4 Å². The van der Waals surface area contributed by atoms with Gasteiger partial charge in [-0.2, -0.15) is 0 Å². The fraction of sp³-hybridized carbons (Fsp3) is 0.333. The molecule has 0 aliphatic rings. The van der Waals surface area contributed by atoms with Crippen LogP contribution in [0, 0.1) is 0 Å². The van der Waals surface area contributed by atoms with Crippen molar-refractivity contribution >= 4 is 41.3 Å². The zero-order valence-corrected chi connectivity index (χ0v) is 16.3. The van der Waals surface area contributed by atoms with Gasteiger partial charge in [0.25, 0.3) is 8.32 Å². The Morgan fingerprint density at radius 1 is 0.857 bits per heavy atom. The molecule has 0 heterocycles. The summed E-state index contributed by atoms with van der Waals surface area (Å²) < 4.78 is 6.87. The van der Waals surface area contributed by atoms with Crippen LogP contribution in [0.25, 0.3) is 0 Å². The molecule has 2 rings (SSSR count). The van der Waals surface area contributed by atoms with Crippen LogP contribution in [0.5, 0.6) is 0 Å². The molecule has 0 bridgehead atoms. The lowest BCUT2D eigenvalue weighted by Crippen LogP contribution is -2.67. The molecule has 1 unspecified atom stereocenters. The van der Waals surface area contributed by atoms with Gasteiger partial charge in [0.05, 0.1) is 4.11 Å². The molecular formula is C18H23IOSi. The second-order valence-corrected chi connectivity index (χ2v) is 12.3. The zero-order valence-electron chi connectivity index (χ0n) is 13.1. The van der Waals surface area contributed by atoms with Crippen LogP contribution in [0.1, 0.15) is 27.7 Å². The van der Waals surface area contributed by atoms with Crippen molar-refractivity contribution in [2.75, 3.05) is 0 Å². The molecule has 112 valence electrons. The van der Waals surface area contributed by atoms with Crippen molar-refractivity contribution in [3.8, 4) is 0 Å². The van der Waals surface area contributed by atoms with E-state index in [1.165, 1.54) is 10.4 Å². The van der Waals surface area contributed by atoms with Gasteiger partial charge in [0.15, 0.2) is 0 Å². The van der Waals surface area contributed by atoms with E-state index >= 15 is 0 Å². The summed E-state index contributed by atoms with van der Waals surface area (Å²) in [6.07, 6.45) is 0. The first-order valence-corrected chi connectivity index (χ1v) is 10.5. The maximum atomic E-state index is 6.70. The van der Waals surface area contributed by atoms with E-state index in [0.717, 1.165) is 0 Å². The minimum atomic E-state index is -2.32. The van der Waals surface area contributed by atoms with E-state index in [9.17, 15) is 0 Å². The van der Waals surface area contributed by atoms with Gasteiger partial charge in [-0.05, 0) is 22.3 Å². The average Bonchev–Trinajstić information content (AvgIpc) is 2.45. The van der Waals surface area contributed by atoms with E-state index in [-0.39, 0.29) is 9.15 Å². The molecule has 3 heteroatoms. The minimum Gasteiger partial charge on any atom is -0.396 e. The molecule has 0 saturated heterocycles. The highest BCUT2D eigenvalue weighted by molar-refractivity contribution is 14.1. The van der Waals surface area contributed by atoms with E-state index in [4.69, 9.17) is 4.43 Å². The molecule has 0 spiro atoms. The second-order valence-electron chi connectivity index (χ2n) is 6.32. The molecule has 0 amide bonds. The van der Waals surface area contributed by atoms with Gasteiger partial charge in [0.1, 0.15) is 0 Å². The number of benzene rings is 2. The van der Waals surface area contributed by atoms with Gasteiger partial charge in [0, 0.05) is 0 Å². The average molecular weight is 410 g/mol. The molecule has 0 radical (unpaired) electrons. The quantitative estimate of drug-likeness (QED) is 0.414. The van der Waals surface area contributed by atoms with Gasteiger partial charge in [-0.25, -0.2) is 0 Å². The van der Waals surface area contributed by atoms with Crippen LogP contribution in [-0.2, 0) is 4.43 Å². The standard InChI is InChI=1S/C18H23IOSi/c1-15(19)20-21(18(2,3)4,16-11-7-5-8-12-16)17-13-9-6-10-14-17/h5-15H,1-4H3. The number of halogens is 1. The van der Waals surface area contributed by atoms with Gasteiger partial charge in [-0.15, -0.1) is 0 Å². The van der Waals surface area contributed by atoms with Gasteiger partial charge >= 0.3 is 0 Å². The maximum absolute atomic E-state index is 6.70. The van der Waals surface area contributed by atoms with Gasteiger partial charge in [0.2, 0.25) is 0 Å². The second kappa shape index (κ2) is 6.63. The summed E-state index contributed by atoms with van der Waals surface area (Å²) in [6, 6.07) is 21.5. The Balaban J connectivity index is 2.72. The van der Waals surface area contributed by atoms with Crippen LogP contribution in [0.3, 0.4) is 0 Å². The fourth-order valence-electron chi connectivity index (χ4n) is 2.93. The Morgan fingerprint density at radius 2 is 1.24 bits per heavy atom. The maximum Gasteiger partial charge on any atom is 0.262 e. The van der Waals surface area contributed by atoms with Gasteiger partial charge < -0.3 is 4.43 Å². The first kappa shape index (κ1) is 16.7. The van der Waals surface area contributed by atoms with Crippen LogP contribution in [0.2, 0.25) is 5.04 Å². The molecule has 0 fully saturated rings. The van der Waals surface area contributed by atoms with Gasteiger partial charge in [-0.1, -0.05) is 104 Å². The van der Waals surface area contributed by atoms with Crippen LogP contribution in [0.4, 0.5) is 0 Å². The molecule has 1 atom stereocenters. The Labute approximate surface area is 143 Å². The van der Waals surface area contributed by atoms with E-state index in [1.54, 1.807) is 0 Å². The normalized spacial score (nSPS) is 14.0. The highest BCUT2D eigenvalue weighted by Crippen LogP contribution is 2.37. The van der Waals surface area contributed by atoms with Crippen molar-refractivity contribution < 1.29 is 4.43 Å². The third kappa shape index (κ3) is 3.41. The Hall–Kier alpha value is -0.653. The molecule has 21 heavy (non-hydrogen) atoms. The lowest BCUT2D eigenvalue weighted by molar-refractivity contribution is 0.302. The van der Waals surface area contributed by atoms with Crippen molar-refractivity contribution in [1.82, 2.24) is 0 Å². The molecule has 0 N–H and O–H groups in total. The Morgan fingerprint density at radius 3 is 1.52 bits per heavy atom. The summed E-state index contributed by atoms with van der Waals surface area (Å²) in [5, 5.41) is 2.74. The van der Waals surface area contributed by atoms with Gasteiger partial charge in [-0.3, -0.25) is 0 Å². The predicted molar refractivity (Wildman–Crippen MR) is 102 cm³/mol. The molecule has 2 aromatic carbocycles. The van der Waals surface area contributed by atoms with Crippen LogP contribution >= 0.6 is 22.6 Å². The summed E-state index contributed by atoms with van der Waals surface area (Å²) in [5.41, 5.74) is 0. The number of hydrogen-bond acceptors (Lipinski definition) is 1. The highest BCUT2D eigenvalue weighted by atomic mass is 127. The first-order chi connectivity index (χ1) is 9.88. The Kier molecular flexibility index (Phi) is 5.27. The fourth-order valence-corrected chi connectivity index (χ4v) is 8.58. The molecular weight excluding hydrogens is 387 g/mol. The summed E-state index contributed by atoms with van der Waals surface area (Å²) in [4.78, 5) is 0. The molecule has 0 aromatic heterocycles. The molecule has 2 aromatic rings. The third-order valence-corrected chi connectivity index (χ3v) is 9.60. The minimum absolute atomic E-state index is 0.0646. The lowest BCUT2D eigenvalue weighted by Gasteiger charge is -2.43. The molecule has 0 aliphatic heterocycles. The van der Waals surface area contributed by atoms with Crippen molar-refractivity contribution in [3.63, 3.8) is 0 Å². The third-order valence-electron chi connectivity index (χ3n) is 3.76. The summed E-state index contributed by atoms with van der Waals surface area (Å²) >= 11 is 2.37. The predicted octanol–water partition coefficient (Wildman–Crippen LogP) is 4.34. The summed E-state index contributed by atoms with van der Waals surface area (Å²) in [7, 11) is -2.32. The van der Waals surface area contributed by atoms with Crippen molar-refractivity contribution in [1.29, 1.82) is 0 Å². The van der Waals surface area contributed by atoms with E-state index < -0.39 is 8.32 Å². The van der Waals surface area contributed by atoms with Crippen molar-refractivity contribution in [3.05, 3.63) is 60.7 Å². The number of hydrogen-bond donors (Lipinski definition) is 0. The van der Waals surface area contributed by atoms with Crippen LogP contribution in [-0.4, -0.2) is 12.4 Å². The molecule has 0 aliphatic carbocycles. The highest BCUT2D eigenvalue weighted by Gasteiger charge is 2.50. The van der Waals surface area contributed by atoms with Crippen molar-refractivity contribution in [2.45, 2.75) is 36.8 Å². The SMILES string of the molecule is CC(I)O[Si](c1ccccc1)(c1ccccc1)C(C)(C)C. The largest absolute Gasteiger partial charge is 0.396 e. The Bertz CT molecular complexity index is 521. The smallest absolute Gasteiger partial charge is 0.262 e. The summed E-state index contributed by atoms with van der Waals surface area (Å²) in [6.45, 7) is 9.04. The monoisotopic (exact) mass is 410 g/mol. The number of rotatable bonds is 4. The molecule has 0 saturated carbocycles. The summed E-state index contributed by atoms with van der Waals surface area (Å²) in [5.74, 6) is 0.